The molecule has 0 bridgehead atoms. The second-order valence-electron chi connectivity index (χ2n) is 6.99. The molecule has 2 amide bonds. The zero-order valence-electron chi connectivity index (χ0n) is 16.0. The molecule has 9 nitrogen and oxygen atoms in total. The Morgan fingerprint density at radius 2 is 1.59 bits per heavy atom. The first-order chi connectivity index (χ1) is 13.5. The highest BCUT2D eigenvalue weighted by molar-refractivity contribution is 9.11. The normalized spacial score (nSPS) is 14.2. The third-order valence-electron chi connectivity index (χ3n) is 4.01. The number of carbonyl (C=O) groups excluding carboxylic acids is 2. The van der Waals surface area contributed by atoms with Crippen LogP contribution >= 0.6 is 31.9 Å². The first-order valence-electron chi connectivity index (χ1n) is 8.83. The van der Waals surface area contributed by atoms with Crippen LogP contribution in [0.15, 0.2) is 21.1 Å². The lowest BCUT2D eigenvalue weighted by Crippen LogP contribution is -2.56. The lowest BCUT2D eigenvalue weighted by atomic mass is 10.0. The van der Waals surface area contributed by atoms with Crippen molar-refractivity contribution in [3.63, 3.8) is 0 Å². The molecule has 0 aliphatic carbocycles. The topological polar surface area (TPSA) is 162 Å². The van der Waals surface area contributed by atoms with E-state index in [0.717, 1.165) is 0 Å². The summed E-state index contributed by atoms with van der Waals surface area (Å²) in [6.07, 6.45) is 0.311. The fourth-order valence-electron chi connectivity index (χ4n) is 2.52. The second-order valence-corrected chi connectivity index (χ2v) is 8.70. The summed E-state index contributed by atoms with van der Waals surface area (Å²) in [6.45, 7) is 2.91. The minimum atomic E-state index is -1.33. The number of phenols is 1. The van der Waals surface area contributed by atoms with Crippen LogP contribution < -0.4 is 16.4 Å². The van der Waals surface area contributed by atoms with Gasteiger partial charge in [0.05, 0.1) is 21.6 Å². The molecule has 7 N–H and O–H groups in total. The summed E-state index contributed by atoms with van der Waals surface area (Å²) in [4.78, 5) is 35.9. The van der Waals surface area contributed by atoms with E-state index in [1.807, 2.05) is 13.8 Å². The number of aliphatic hydroxyl groups excluding tert-OH is 1. The number of aromatic hydroxyl groups is 1. The lowest BCUT2D eigenvalue weighted by molar-refractivity contribution is -0.143. The van der Waals surface area contributed by atoms with Crippen LogP contribution in [0.3, 0.4) is 0 Å². The molecule has 0 heterocycles. The molecule has 1 rings (SSSR count). The number of nitrogens with two attached hydrogens (primary N) is 1. The average molecular weight is 539 g/mol. The average Bonchev–Trinajstić information content (AvgIpc) is 2.62. The van der Waals surface area contributed by atoms with Crippen molar-refractivity contribution in [1.82, 2.24) is 10.6 Å². The van der Waals surface area contributed by atoms with Crippen LogP contribution in [0.2, 0.25) is 0 Å². The summed E-state index contributed by atoms with van der Waals surface area (Å²) in [5, 5.41) is 33.0. The van der Waals surface area contributed by atoms with E-state index in [4.69, 9.17) is 5.73 Å². The van der Waals surface area contributed by atoms with Crippen LogP contribution in [0.4, 0.5) is 0 Å². The molecule has 11 heteroatoms. The van der Waals surface area contributed by atoms with Crippen molar-refractivity contribution in [2.24, 2.45) is 11.7 Å². The van der Waals surface area contributed by atoms with Crippen molar-refractivity contribution >= 4 is 49.6 Å². The third kappa shape index (κ3) is 7.92. The summed E-state index contributed by atoms with van der Waals surface area (Å²) in [6, 6.07) is -0.291. The molecule has 0 aliphatic heterocycles. The quantitative estimate of drug-likeness (QED) is 0.257. The van der Waals surface area contributed by atoms with Crippen LogP contribution in [0.1, 0.15) is 25.8 Å². The minimum absolute atomic E-state index is 0.0122. The number of carboxylic acid groups (broad SMARTS) is 1. The first kappa shape index (κ1) is 25.3. The van der Waals surface area contributed by atoms with Gasteiger partial charge >= 0.3 is 5.97 Å². The Labute approximate surface area is 185 Å². The van der Waals surface area contributed by atoms with Crippen LogP contribution in [-0.4, -0.2) is 57.8 Å². The summed E-state index contributed by atoms with van der Waals surface area (Å²) >= 11 is 6.38. The molecule has 29 heavy (non-hydrogen) atoms. The summed E-state index contributed by atoms with van der Waals surface area (Å²) in [5.74, 6) is -2.66. The maximum Gasteiger partial charge on any atom is 0.326 e. The second kappa shape index (κ2) is 11.5. The maximum absolute atomic E-state index is 12.3. The van der Waals surface area contributed by atoms with E-state index in [1.54, 1.807) is 12.1 Å². The first-order valence-corrected chi connectivity index (χ1v) is 10.4. The maximum atomic E-state index is 12.3. The molecule has 0 radical (unpaired) electrons. The van der Waals surface area contributed by atoms with Gasteiger partial charge in [-0.15, -0.1) is 0 Å². The highest BCUT2D eigenvalue weighted by Gasteiger charge is 2.28. The summed E-state index contributed by atoms with van der Waals surface area (Å²) in [5.41, 5.74) is 6.54. The van der Waals surface area contributed by atoms with Gasteiger partial charge in [0.15, 0.2) is 0 Å². The Balaban J connectivity index is 2.76. The molecule has 0 saturated heterocycles. The zero-order chi connectivity index (χ0) is 22.3. The molecular weight excluding hydrogens is 514 g/mol. The predicted octanol–water partition coefficient (Wildman–Crippen LogP) is 0.880. The Morgan fingerprint density at radius 1 is 1.07 bits per heavy atom. The smallest absolute Gasteiger partial charge is 0.326 e. The van der Waals surface area contributed by atoms with Gasteiger partial charge in [0.2, 0.25) is 11.8 Å². The van der Waals surface area contributed by atoms with Gasteiger partial charge in [0, 0.05) is 0 Å². The van der Waals surface area contributed by atoms with Crippen molar-refractivity contribution < 1.29 is 29.7 Å². The fourth-order valence-corrected chi connectivity index (χ4v) is 3.80. The predicted molar refractivity (Wildman–Crippen MR) is 113 cm³/mol. The molecule has 1 aromatic carbocycles. The number of amides is 2. The molecular formula is C18H25Br2N3O6. The van der Waals surface area contributed by atoms with Gasteiger partial charge in [-0.2, -0.15) is 0 Å². The lowest BCUT2D eigenvalue weighted by Gasteiger charge is -2.22. The van der Waals surface area contributed by atoms with Gasteiger partial charge in [-0.3, -0.25) is 9.59 Å². The monoisotopic (exact) mass is 537 g/mol. The molecule has 162 valence electrons. The SMILES string of the molecule is CC(C)C[C@H](NC(=O)[C@H](CO)NC(=O)[C@@H](N)Cc1cc(Br)c(O)c(Br)c1)C(=O)O. The van der Waals surface area contributed by atoms with Crippen LogP contribution in [0.5, 0.6) is 5.75 Å². The minimum Gasteiger partial charge on any atom is -0.506 e. The van der Waals surface area contributed by atoms with Crippen molar-refractivity contribution in [1.29, 1.82) is 0 Å². The van der Waals surface area contributed by atoms with Crippen LogP contribution in [-0.2, 0) is 20.8 Å². The van der Waals surface area contributed by atoms with Gasteiger partial charge < -0.3 is 31.7 Å². The molecule has 0 spiro atoms. The standard InChI is InChI=1S/C18H25Br2N3O6/c1-8(2)3-13(18(28)29)22-17(27)14(7-24)23-16(26)12(21)6-9-4-10(19)15(25)11(20)5-9/h4-5,8,12-14,24-25H,3,6-7,21H2,1-2H3,(H,22,27)(H,23,26)(H,28,29)/t12-,13-,14-/m0/s1. The van der Waals surface area contributed by atoms with E-state index in [2.05, 4.69) is 42.5 Å². The van der Waals surface area contributed by atoms with E-state index in [1.165, 1.54) is 0 Å². The van der Waals surface area contributed by atoms with Gasteiger partial charge in [0.25, 0.3) is 0 Å². The van der Waals surface area contributed by atoms with Crippen molar-refractivity contribution in [2.75, 3.05) is 6.61 Å². The molecule has 1 aromatic rings. The van der Waals surface area contributed by atoms with Crippen LogP contribution in [0, 0.1) is 5.92 Å². The number of benzene rings is 1. The van der Waals surface area contributed by atoms with E-state index in [-0.39, 0.29) is 24.5 Å². The zero-order valence-corrected chi connectivity index (χ0v) is 19.2. The summed E-state index contributed by atoms with van der Waals surface area (Å²) < 4.78 is 0.846. The number of hydrogen-bond acceptors (Lipinski definition) is 6. The molecule has 0 aromatic heterocycles. The Kier molecular flexibility index (Phi) is 10.0. The number of phenolic OH excluding ortho intramolecular Hbond substituents is 1. The van der Waals surface area contributed by atoms with Gasteiger partial charge in [0.1, 0.15) is 17.8 Å². The number of halogens is 2. The number of aliphatic hydroxyl groups is 1. The van der Waals surface area contributed by atoms with E-state index < -0.39 is 42.5 Å². The Morgan fingerprint density at radius 3 is 2.03 bits per heavy atom. The number of aliphatic carboxylic acids is 1. The highest BCUT2D eigenvalue weighted by Crippen LogP contribution is 2.33. The van der Waals surface area contributed by atoms with E-state index >= 15 is 0 Å². The molecule has 0 fully saturated rings. The highest BCUT2D eigenvalue weighted by atomic mass is 79.9. The molecule has 0 aliphatic rings. The van der Waals surface area contributed by atoms with Crippen LogP contribution in [0.25, 0.3) is 0 Å². The van der Waals surface area contributed by atoms with E-state index in [0.29, 0.717) is 14.5 Å². The summed E-state index contributed by atoms with van der Waals surface area (Å²) in [7, 11) is 0. The van der Waals surface area contributed by atoms with Gasteiger partial charge in [-0.1, -0.05) is 13.8 Å². The van der Waals surface area contributed by atoms with E-state index in [9.17, 15) is 29.7 Å². The van der Waals surface area contributed by atoms with Crippen molar-refractivity contribution in [3.8, 4) is 5.75 Å². The molecule has 0 unspecified atom stereocenters. The van der Waals surface area contributed by atoms with Gasteiger partial charge in [-0.25, -0.2) is 4.79 Å². The van der Waals surface area contributed by atoms with Crippen molar-refractivity contribution in [2.45, 2.75) is 44.8 Å². The third-order valence-corrected chi connectivity index (χ3v) is 5.22. The Bertz CT molecular complexity index is 736. The number of nitrogens with one attached hydrogen (secondary N) is 2. The largest absolute Gasteiger partial charge is 0.506 e. The molecule has 0 saturated carbocycles. The van der Waals surface area contributed by atoms with Crippen molar-refractivity contribution in [3.05, 3.63) is 26.6 Å². The fraction of sp³-hybridized carbons (Fsp3) is 0.500. The Hall–Kier alpha value is -1.69. The number of rotatable bonds is 10. The number of hydrogen-bond donors (Lipinski definition) is 6. The number of carbonyl (C=O) groups is 3. The van der Waals surface area contributed by atoms with Gasteiger partial charge in [-0.05, 0) is 68.3 Å². The molecule has 3 atom stereocenters. The number of carboxylic acids is 1.